The number of benzene rings is 1. The maximum absolute atomic E-state index is 11.4. The van der Waals surface area contributed by atoms with Crippen molar-refractivity contribution in [1.82, 2.24) is 5.32 Å². The van der Waals surface area contributed by atoms with E-state index in [4.69, 9.17) is 4.74 Å². The van der Waals surface area contributed by atoms with Crippen LogP contribution in [0.2, 0.25) is 0 Å². The van der Waals surface area contributed by atoms with Gasteiger partial charge in [-0.3, -0.25) is 4.79 Å². The summed E-state index contributed by atoms with van der Waals surface area (Å²) in [4.78, 5) is 11.4. The average molecular weight is 275 g/mol. The minimum atomic E-state index is -0.179. The molecule has 2 rings (SSSR count). The van der Waals surface area contributed by atoms with Crippen molar-refractivity contribution in [2.75, 3.05) is 7.11 Å². The standard InChI is InChI=1S/C17H25NO2/c1-13(14-7-3-4-8-14)18-12-16-10-6-5-9-15(16)11-17(19)20-2/h5-6,9-10,13-14,18H,3-4,7-8,11-12H2,1-2H3/t13-/m1/s1. The number of carbonyl (C=O) groups excluding carboxylic acids is 1. The molecule has 1 atom stereocenters. The van der Waals surface area contributed by atoms with Crippen molar-refractivity contribution in [3.8, 4) is 0 Å². The van der Waals surface area contributed by atoms with Crippen LogP contribution in [0.5, 0.6) is 0 Å². The summed E-state index contributed by atoms with van der Waals surface area (Å²) in [5.41, 5.74) is 2.26. The van der Waals surface area contributed by atoms with Gasteiger partial charge >= 0.3 is 5.97 Å². The molecular formula is C17H25NO2. The first-order chi connectivity index (χ1) is 9.70. The van der Waals surface area contributed by atoms with E-state index in [2.05, 4.69) is 18.3 Å². The van der Waals surface area contributed by atoms with Gasteiger partial charge in [0.15, 0.2) is 0 Å². The Morgan fingerprint density at radius 2 is 1.95 bits per heavy atom. The maximum atomic E-state index is 11.4. The van der Waals surface area contributed by atoms with Gasteiger partial charge in [0.1, 0.15) is 0 Å². The Morgan fingerprint density at radius 3 is 2.60 bits per heavy atom. The zero-order valence-electron chi connectivity index (χ0n) is 12.5. The van der Waals surface area contributed by atoms with E-state index in [9.17, 15) is 4.79 Å². The highest BCUT2D eigenvalue weighted by Gasteiger charge is 2.21. The number of nitrogens with one attached hydrogen (secondary N) is 1. The molecule has 1 N–H and O–H groups in total. The van der Waals surface area contributed by atoms with Crippen LogP contribution >= 0.6 is 0 Å². The molecule has 1 aromatic rings. The van der Waals surface area contributed by atoms with Crippen molar-refractivity contribution in [1.29, 1.82) is 0 Å². The van der Waals surface area contributed by atoms with E-state index in [0.717, 1.165) is 18.0 Å². The van der Waals surface area contributed by atoms with Gasteiger partial charge in [0.2, 0.25) is 0 Å². The molecule has 0 spiro atoms. The van der Waals surface area contributed by atoms with Crippen LogP contribution in [-0.4, -0.2) is 19.1 Å². The van der Waals surface area contributed by atoms with Gasteiger partial charge in [-0.1, -0.05) is 37.1 Å². The summed E-state index contributed by atoms with van der Waals surface area (Å²) >= 11 is 0. The lowest BCUT2D eigenvalue weighted by molar-refractivity contribution is -0.139. The van der Waals surface area contributed by atoms with Crippen LogP contribution in [0, 0.1) is 5.92 Å². The Kier molecular flexibility index (Phi) is 5.60. The molecule has 0 aromatic heterocycles. The fourth-order valence-corrected chi connectivity index (χ4v) is 3.03. The van der Waals surface area contributed by atoms with Crippen molar-refractivity contribution in [2.45, 2.75) is 51.6 Å². The van der Waals surface area contributed by atoms with Crippen LogP contribution in [-0.2, 0) is 22.5 Å². The number of hydrogen-bond acceptors (Lipinski definition) is 3. The van der Waals surface area contributed by atoms with Gasteiger partial charge in [-0.05, 0) is 36.8 Å². The lowest BCUT2D eigenvalue weighted by atomic mass is 9.98. The summed E-state index contributed by atoms with van der Waals surface area (Å²) in [6, 6.07) is 8.64. The van der Waals surface area contributed by atoms with E-state index >= 15 is 0 Å². The molecule has 110 valence electrons. The zero-order valence-corrected chi connectivity index (χ0v) is 12.5. The first kappa shape index (κ1) is 15.0. The summed E-state index contributed by atoms with van der Waals surface area (Å²) < 4.78 is 4.76. The highest BCUT2D eigenvalue weighted by Crippen LogP contribution is 2.27. The summed E-state index contributed by atoms with van der Waals surface area (Å²) in [6.07, 6.45) is 5.79. The highest BCUT2D eigenvalue weighted by molar-refractivity contribution is 5.72. The minimum absolute atomic E-state index is 0.179. The first-order valence-electron chi connectivity index (χ1n) is 7.57. The van der Waals surface area contributed by atoms with Crippen molar-refractivity contribution in [2.24, 2.45) is 5.92 Å². The Hall–Kier alpha value is -1.35. The number of ether oxygens (including phenoxy) is 1. The smallest absolute Gasteiger partial charge is 0.309 e. The quantitative estimate of drug-likeness (QED) is 0.811. The normalized spacial score (nSPS) is 17.1. The van der Waals surface area contributed by atoms with Crippen molar-refractivity contribution in [3.05, 3.63) is 35.4 Å². The lowest BCUT2D eigenvalue weighted by Crippen LogP contribution is -2.32. The highest BCUT2D eigenvalue weighted by atomic mass is 16.5. The average Bonchev–Trinajstić information content (AvgIpc) is 3.00. The molecule has 1 fully saturated rings. The number of rotatable bonds is 6. The van der Waals surface area contributed by atoms with Crippen molar-refractivity contribution < 1.29 is 9.53 Å². The maximum Gasteiger partial charge on any atom is 0.309 e. The zero-order chi connectivity index (χ0) is 14.4. The van der Waals surface area contributed by atoms with Gasteiger partial charge in [-0.15, -0.1) is 0 Å². The molecular weight excluding hydrogens is 250 g/mol. The molecule has 1 aliphatic carbocycles. The Bertz CT molecular complexity index is 438. The van der Waals surface area contributed by atoms with Gasteiger partial charge in [-0.2, -0.15) is 0 Å². The lowest BCUT2D eigenvalue weighted by Gasteiger charge is -2.21. The van der Waals surface area contributed by atoms with E-state index < -0.39 is 0 Å². The van der Waals surface area contributed by atoms with E-state index in [1.807, 2.05) is 18.2 Å². The van der Waals surface area contributed by atoms with Gasteiger partial charge in [0.25, 0.3) is 0 Å². The van der Waals surface area contributed by atoms with Crippen molar-refractivity contribution >= 4 is 5.97 Å². The molecule has 3 heteroatoms. The third-order valence-electron chi connectivity index (χ3n) is 4.40. The van der Waals surface area contributed by atoms with Crippen LogP contribution < -0.4 is 5.32 Å². The third-order valence-corrected chi connectivity index (χ3v) is 4.40. The summed E-state index contributed by atoms with van der Waals surface area (Å²) in [5.74, 6) is 0.629. The molecule has 0 aliphatic heterocycles. The number of esters is 1. The predicted molar refractivity (Wildman–Crippen MR) is 80.4 cm³/mol. The molecule has 0 heterocycles. The van der Waals surface area contributed by atoms with Crippen LogP contribution in [0.15, 0.2) is 24.3 Å². The van der Waals surface area contributed by atoms with Crippen LogP contribution in [0.4, 0.5) is 0 Å². The fourth-order valence-electron chi connectivity index (χ4n) is 3.03. The van der Waals surface area contributed by atoms with Crippen LogP contribution in [0.1, 0.15) is 43.7 Å². The van der Waals surface area contributed by atoms with Gasteiger partial charge in [0, 0.05) is 12.6 Å². The molecule has 0 amide bonds. The molecule has 0 saturated heterocycles. The molecule has 1 saturated carbocycles. The SMILES string of the molecule is COC(=O)Cc1ccccc1CN[C@H](C)C1CCCC1. The predicted octanol–water partition coefficient (Wildman–Crippen LogP) is 3.07. The van der Waals surface area contributed by atoms with E-state index in [1.54, 1.807) is 0 Å². The molecule has 3 nitrogen and oxygen atoms in total. The number of methoxy groups -OCH3 is 1. The summed E-state index contributed by atoms with van der Waals surface area (Å²) in [7, 11) is 1.44. The van der Waals surface area contributed by atoms with E-state index in [-0.39, 0.29) is 5.97 Å². The molecule has 1 aromatic carbocycles. The second-order valence-corrected chi connectivity index (χ2v) is 5.74. The van der Waals surface area contributed by atoms with Crippen LogP contribution in [0.25, 0.3) is 0 Å². The van der Waals surface area contributed by atoms with E-state index in [0.29, 0.717) is 12.5 Å². The minimum Gasteiger partial charge on any atom is -0.469 e. The molecule has 1 aliphatic rings. The number of hydrogen-bond donors (Lipinski definition) is 1. The van der Waals surface area contributed by atoms with Crippen LogP contribution in [0.3, 0.4) is 0 Å². The second kappa shape index (κ2) is 7.44. The molecule has 0 bridgehead atoms. The Labute approximate surface area is 121 Å². The monoisotopic (exact) mass is 275 g/mol. The third kappa shape index (κ3) is 4.07. The fraction of sp³-hybridized carbons (Fsp3) is 0.588. The molecule has 0 unspecified atom stereocenters. The van der Waals surface area contributed by atoms with Gasteiger partial charge in [-0.25, -0.2) is 0 Å². The summed E-state index contributed by atoms with van der Waals surface area (Å²) in [5, 5.41) is 3.62. The van der Waals surface area contributed by atoms with Gasteiger partial charge in [0.05, 0.1) is 13.5 Å². The molecule has 20 heavy (non-hydrogen) atoms. The van der Waals surface area contributed by atoms with E-state index in [1.165, 1.54) is 38.4 Å². The molecule has 0 radical (unpaired) electrons. The first-order valence-corrected chi connectivity index (χ1v) is 7.57. The van der Waals surface area contributed by atoms with Gasteiger partial charge < -0.3 is 10.1 Å². The number of carbonyl (C=O) groups is 1. The topological polar surface area (TPSA) is 38.3 Å². The Balaban J connectivity index is 1.92. The largest absolute Gasteiger partial charge is 0.469 e. The van der Waals surface area contributed by atoms with Crippen molar-refractivity contribution in [3.63, 3.8) is 0 Å². The summed E-state index contributed by atoms with van der Waals surface area (Å²) in [6.45, 7) is 3.10. The second-order valence-electron chi connectivity index (χ2n) is 5.74. The Morgan fingerprint density at radius 1 is 1.30 bits per heavy atom.